The molecule has 3 nitrogen and oxygen atoms in total. The van der Waals surface area contributed by atoms with Gasteiger partial charge in [0.15, 0.2) is 0 Å². The highest BCUT2D eigenvalue weighted by Gasteiger charge is 2.42. The van der Waals surface area contributed by atoms with E-state index in [1.807, 2.05) is 0 Å². The molecule has 3 heteroatoms. The molecular formula is C14H29N3. The summed E-state index contributed by atoms with van der Waals surface area (Å²) in [6.45, 7) is 10.4. The van der Waals surface area contributed by atoms with Crippen LogP contribution in [0.15, 0.2) is 0 Å². The van der Waals surface area contributed by atoms with E-state index in [0.717, 1.165) is 12.6 Å². The van der Waals surface area contributed by atoms with Gasteiger partial charge in [0, 0.05) is 18.1 Å². The molecule has 1 atom stereocenters. The lowest BCUT2D eigenvalue weighted by molar-refractivity contribution is 0.0181. The van der Waals surface area contributed by atoms with Gasteiger partial charge in [-0.15, -0.1) is 0 Å². The van der Waals surface area contributed by atoms with Crippen LogP contribution in [-0.4, -0.2) is 54.1 Å². The minimum Gasteiger partial charge on any atom is -0.329 e. The molecule has 0 saturated carbocycles. The summed E-state index contributed by atoms with van der Waals surface area (Å²) in [5, 5.41) is 0. The van der Waals surface area contributed by atoms with Crippen LogP contribution in [0.1, 0.15) is 46.0 Å². The molecule has 2 rings (SSSR count). The number of hydrogen-bond acceptors (Lipinski definition) is 3. The van der Waals surface area contributed by atoms with Crippen molar-refractivity contribution in [2.24, 2.45) is 5.73 Å². The molecule has 0 aromatic carbocycles. The lowest BCUT2D eigenvalue weighted by atomic mass is 9.84. The maximum Gasteiger partial charge on any atom is 0.0358 e. The maximum absolute atomic E-state index is 6.16. The second kappa shape index (κ2) is 5.68. The molecule has 17 heavy (non-hydrogen) atoms. The fourth-order valence-electron chi connectivity index (χ4n) is 3.78. The van der Waals surface area contributed by atoms with Gasteiger partial charge in [-0.05, 0) is 58.3 Å². The van der Waals surface area contributed by atoms with Gasteiger partial charge in [0.1, 0.15) is 0 Å². The molecule has 2 heterocycles. The van der Waals surface area contributed by atoms with Crippen molar-refractivity contribution in [3.8, 4) is 0 Å². The van der Waals surface area contributed by atoms with E-state index in [4.69, 9.17) is 5.73 Å². The summed E-state index contributed by atoms with van der Waals surface area (Å²) in [5.74, 6) is 0. The Kier molecular flexibility index (Phi) is 4.45. The fraction of sp³-hybridized carbons (Fsp3) is 1.00. The number of nitrogens with two attached hydrogens (primary N) is 1. The predicted octanol–water partition coefficient (Wildman–Crippen LogP) is 1.67. The van der Waals surface area contributed by atoms with Crippen molar-refractivity contribution >= 4 is 0 Å². The molecule has 100 valence electrons. The molecule has 2 saturated heterocycles. The standard InChI is InChI=1S/C14H29N3/c1-3-13-6-5-9-17(13)14(12-15)7-10-16(4-2)11-8-14/h13H,3-12,15H2,1-2H3. The largest absolute Gasteiger partial charge is 0.329 e. The van der Waals surface area contributed by atoms with Crippen LogP contribution >= 0.6 is 0 Å². The van der Waals surface area contributed by atoms with Gasteiger partial charge in [-0.25, -0.2) is 0 Å². The monoisotopic (exact) mass is 239 g/mol. The zero-order chi connectivity index (χ0) is 12.3. The molecule has 0 spiro atoms. The second-order valence-corrected chi connectivity index (χ2v) is 5.76. The van der Waals surface area contributed by atoms with E-state index in [1.165, 1.54) is 58.3 Å². The van der Waals surface area contributed by atoms with Gasteiger partial charge in [0.25, 0.3) is 0 Å². The molecule has 0 amide bonds. The van der Waals surface area contributed by atoms with Crippen LogP contribution in [0.25, 0.3) is 0 Å². The molecule has 0 bridgehead atoms. The summed E-state index contributed by atoms with van der Waals surface area (Å²) in [5.41, 5.74) is 6.48. The SMILES string of the molecule is CCC1CCCN1C1(CN)CCN(CC)CC1. The third-order valence-corrected chi connectivity index (χ3v) is 5.07. The molecule has 2 aliphatic heterocycles. The van der Waals surface area contributed by atoms with E-state index in [9.17, 15) is 0 Å². The molecule has 1 unspecified atom stereocenters. The van der Waals surface area contributed by atoms with Crippen molar-refractivity contribution in [1.82, 2.24) is 9.80 Å². The van der Waals surface area contributed by atoms with Crippen molar-refractivity contribution in [2.45, 2.75) is 57.5 Å². The van der Waals surface area contributed by atoms with Gasteiger partial charge in [-0.1, -0.05) is 13.8 Å². The Hall–Kier alpha value is -0.120. The van der Waals surface area contributed by atoms with Crippen LogP contribution in [0.3, 0.4) is 0 Å². The first-order valence-corrected chi connectivity index (χ1v) is 7.45. The van der Waals surface area contributed by atoms with E-state index in [2.05, 4.69) is 23.6 Å². The minimum atomic E-state index is 0.322. The van der Waals surface area contributed by atoms with Crippen LogP contribution < -0.4 is 5.73 Å². The van der Waals surface area contributed by atoms with Crippen molar-refractivity contribution in [3.05, 3.63) is 0 Å². The first-order chi connectivity index (χ1) is 8.25. The van der Waals surface area contributed by atoms with Crippen LogP contribution in [0.4, 0.5) is 0 Å². The van der Waals surface area contributed by atoms with E-state index in [-0.39, 0.29) is 0 Å². The van der Waals surface area contributed by atoms with Gasteiger partial charge in [-0.3, -0.25) is 4.90 Å². The zero-order valence-electron chi connectivity index (χ0n) is 11.6. The summed E-state index contributed by atoms with van der Waals surface area (Å²) in [6, 6.07) is 0.798. The third-order valence-electron chi connectivity index (χ3n) is 5.07. The van der Waals surface area contributed by atoms with E-state index >= 15 is 0 Å². The lowest BCUT2D eigenvalue weighted by Crippen LogP contribution is -2.60. The van der Waals surface area contributed by atoms with Crippen molar-refractivity contribution < 1.29 is 0 Å². The summed E-state index contributed by atoms with van der Waals surface area (Å²) in [7, 11) is 0. The molecule has 2 aliphatic rings. The number of piperidine rings is 1. The van der Waals surface area contributed by atoms with Crippen molar-refractivity contribution in [3.63, 3.8) is 0 Å². The third kappa shape index (κ3) is 2.51. The predicted molar refractivity (Wildman–Crippen MR) is 73.2 cm³/mol. The summed E-state index contributed by atoms with van der Waals surface area (Å²) < 4.78 is 0. The normalized spacial score (nSPS) is 30.9. The fourth-order valence-corrected chi connectivity index (χ4v) is 3.78. The molecule has 2 N–H and O–H groups in total. The number of nitrogens with zero attached hydrogens (tertiary/aromatic N) is 2. The van der Waals surface area contributed by atoms with E-state index < -0.39 is 0 Å². The van der Waals surface area contributed by atoms with Gasteiger partial charge in [0.2, 0.25) is 0 Å². The van der Waals surface area contributed by atoms with Crippen LogP contribution in [-0.2, 0) is 0 Å². The van der Waals surface area contributed by atoms with Crippen LogP contribution in [0.2, 0.25) is 0 Å². The Bertz CT molecular complexity index is 234. The van der Waals surface area contributed by atoms with Gasteiger partial charge in [0.05, 0.1) is 0 Å². The number of hydrogen-bond donors (Lipinski definition) is 1. The smallest absolute Gasteiger partial charge is 0.0358 e. The highest BCUT2D eigenvalue weighted by molar-refractivity contribution is 5.00. The molecule has 0 radical (unpaired) electrons. The van der Waals surface area contributed by atoms with Crippen LogP contribution in [0.5, 0.6) is 0 Å². The highest BCUT2D eigenvalue weighted by Crippen LogP contribution is 2.35. The topological polar surface area (TPSA) is 32.5 Å². The Morgan fingerprint density at radius 2 is 1.88 bits per heavy atom. The first kappa shape index (κ1) is 13.3. The van der Waals surface area contributed by atoms with Crippen molar-refractivity contribution in [2.75, 3.05) is 32.7 Å². The Morgan fingerprint density at radius 1 is 1.18 bits per heavy atom. The highest BCUT2D eigenvalue weighted by atomic mass is 15.3. The minimum absolute atomic E-state index is 0.322. The molecular weight excluding hydrogens is 210 g/mol. The van der Waals surface area contributed by atoms with E-state index in [1.54, 1.807) is 0 Å². The average Bonchev–Trinajstić information content (AvgIpc) is 2.87. The van der Waals surface area contributed by atoms with Gasteiger partial charge < -0.3 is 10.6 Å². The second-order valence-electron chi connectivity index (χ2n) is 5.76. The Balaban J connectivity index is 2.04. The van der Waals surface area contributed by atoms with Gasteiger partial charge >= 0.3 is 0 Å². The molecule has 0 aromatic rings. The van der Waals surface area contributed by atoms with Gasteiger partial charge in [-0.2, -0.15) is 0 Å². The quantitative estimate of drug-likeness (QED) is 0.810. The maximum atomic E-state index is 6.16. The Morgan fingerprint density at radius 3 is 2.41 bits per heavy atom. The Labute approximate surface area is 106 Å². The molecule has 0 aliphatic carbocycles. The summed E-state index contributed by atoms with van der Waals surface area (Å²) in [6.07, 6.45) is 6.59. The number of likely N-dealkylation sites (tertiary alicyclic amines) is 2. The lowest BCUT2D eigenvalue weighted by Gasteiger charge is -2.49. The van der Waals surface area contributed by atoms with Crippen molar-refractivity contribution in [1.29, 1.82) is 0 Å². The average molecular weight is 239 g/mol. The van der Waals surface area contributed by atoms with Crippen LogP contribution in [0, 0.1) is 0 Å². The van der Waals surface area contributed by atoms with E-state index in [0.29, 0.717) is 5.54 Å². The molecule has 2 fully saturated rings. The first-order valence-electron chi connectivity index (χ1n) is 7.45. The molecule has 0 aromatic heterocycles. The zero-order valence-corrected chi connectivity index (χ0v) is 11.6. The summed E-state index contributed by atoms with van der Waals surface area (Å²) >= 11 is 0. The summed E-state index contributed by atoms with van der Waals surface area (Å²) in [4.78, 5) is 5.32. The number of rotatable bonds is 4.